The highest BCUT2D eigenvalue weighted by molar-refractivity contribution is 8.76. The fourth-order valence-electron chi connectivity index (χ4n) is 14.7. The van der Waals surface area contributed by atoms with Gasteiger partial charge in [0.25, 0.3) is 0 Å². The SMILES string of the molecule is C=C1CC2(CCC(CCC3(O)CCCC(O)C3)C2)C2OC2(C)CCC2C1CC2(C)C1CCC(C2CSSCc3ccccc3CCC(c3cccc4cocc34)CN=C(N)N2)C1. The minimum Gasteiger partial charge on any atom is -0.471 e. The van der Waals surface area contributed by atoms with E-state index in [1.165, 1.54) is 79.0 Å². The molecule has 9 heteroatoms. The number of benzene rings is 2. The number of allylic oxidation sites excluding steroid dienone is 1. The number of guanidine groups is 1. The van der Waals surface area contributed by atoms with Crippen LogP contribution in [0.1, 0.15) is 146 Å². The first-order chi connectivity index (χ1) is 29.9. The summed E-state index contributed by atoms with van der Waals surface area (Å²) < 4.78 is 12.5. The summed E-state index contributed by atoms with van der Waals surface area (Å²) in [5, 5.41) is 27.8. The van der Waals surface area contributed by atoms with Crippen molar-refractivity contribution in [3.63, 3.8) is 0 Å². The van der Waals surface area contributed by atoms with Gasteiger partial charge in [0, 0.05) is 52.6 Å². The fourth-order valence-corrected chi connectivity index (χ4v) is 17.1. The molecule has 13 unspecified atom stereocenters. The summed E-state index contributed by atoms with van der Waals surface area (Å²) in [4.78, 5) is 5.11. The van der Waals surface area contributed by atoms with E-state index in [1.807, 2.05) is 34.1 Å². The van der Waals surface area contributed by atoms with E-state index in [0.29, 0.717) is 60.0 Å². The molecule has 2 aliphatic heterocycles. The van der Waals surface area contributed by atoms with Gasteiger partial charge in [-0.1, -0.05) is 83.1 Å². The average molecular weight is 880 g/mol. The number of nitrogens with two attached hydrogens (primary N) is 1. The van der Waals surface area contributed by atoms with E-state index in [1.54, 1.807) is 0 Å². The van der Waals surface area contributed by atoms with Crippen LogP contribution in [0.4, 0.5) is 0 Å². The maximum atomic E-state index is 11.3. The molecule has 0 radical (unpaired) electrons. The fraction of sp³-hybridized carbons (Fsp3) is 0.679. The number of aliphatic hydroxyl groups excluding tert-OH is 1. The van der Waals surface area contributed by atoms with Crippen molar-refractivity contribution in [3.8, 4) is 0 Å². The minimum absolute atomic E-state index is 0.0176. The lowest BCUT2D eigenvalue weighted by atomic mass is 9.46. The molecule has 1 spiro atoms. The molecule has 0 amide bonds. The number of hydrogen-bond acceptors (Lipinski definition) is 9. The van der Waals surface area contributed by atoms with Gasteiger partial charge in [0.05, 0.1) is 35.9 Å². The Balaban J connectivity index is 0.813. The van der Waals surface area contributed by atoms with Gasteiger partial charge in [0.1, 0.15) is 0 Å². The van der Waals surface area contributed by atoms with E-state index < -0.39 is 5.60 Å². The summed E-state index contributed by atoms with van der Waals surface area (Å²) in [7, 11) is 4.00. The Morgan fingerprint density at radius 1 is 0.935 bits per heavy atom. The van der Waals surface area contributed by atoms with Gasteiger partial charge in [-0.15, -0.1) is 0 Å². The molecule has 13 atom stereocenters. The second-order valence-corrected chi connectivity index (χ2v) is 24.6. The highest BCUT2D eigenvalue weighted by Gasteiger charge is 2.67. The number of aliphatic hydroxyl groups is 2. The Morgan fingerprint density at radius 2 is 1.81 bits per heavy atom. The zero-order valence-electron chi connectivity index (χ0n) is 37.5. The standard InChI is InChI=1S/C53H73N3O4S2/c1-34-25-52(22-17-35(26-52)18-23-53(58)20-7-11-42(57)27-53)48-51(3,60-48)21-19-46-44(34)28-50(46,2)41-16-15-37(24-41)47-33-62-61-32-40-9-5-4-8-36(40)13-14-38(29-55-49(54)56-47)43-12-6-10-39-30-59-31-45(39)43/h4-6,8-10,12,30-31,35,37-38,41-42,44,46-48,57-58H,1,7,11,13-29,32-33H2,2-3H3,(H3,54,55,56). The van der Waals surface area contributed by atoms with Crippen LogP contribution in [0.3, 0.4) is 0 Å². The van der Waals surface area contributed by atoms with Crippen molar-refractivity contribution in [3.05, 3.63) is 83.8 Å². The van der Waals surface area contributed by atoms with E-state index in [4.69, 9.17) is 26.5 Å². The van der Waals surface area contributed by atoms with Gasteiger partial charge in [-0.2, -0.15) is 0 Å². The van der Waals surface area contributed by atoms with E-state index in [-0.39, 0.29) is 29.1 Å². The van der Waals surface area contributed by atoms with E-state index in [0.717, 1.165) is 74.7 Å². The van der Waals surface area contributed by atoms with Crippen molar-refractivity contribution in [1.82, 2.24) is 5.32 Å². The number of nitrogens with zero attached hydrogens (tertiary/aromatic N) is 1. The van der Waals surface area contributed by atoms with Gasteiger partial charge < -0.3 is 30.4 Å². The highest BCUT2D eigenvalue weighted by atomic mass is 33.1. The molecule has 1 aromatic heterocycles. The first-order valence-corrected chi connectivity index (χ1v) is 27.0. The molecule has 5 aliphatic carbocycles. The van der Waals surface area contributed by atoms with Crippen LogP contribution in [0.15, 0.2) is 76.6 Å². The van der Waals surface area contributed by atoms with Crippen molar-refractivity contribution in [2.24, 2.45) is 51.1 Å². The van der Waals surface area contributed by atoms with Gasteiger partial charge in [-0.05, 0) is 168 Å². The normalized spacial score (nSPS) is 41.6. The Labute approximate surface area is 379 Å². The number of fused-ring (bicyclic) bond motifs is 5. The number of rotatable bonds is 6. The summed E-state index contributed by atoms with van der Waals surface area (Å²) in [6, 6.07) is 15.8. The Kier molecular flexibility index (Phi) is 12.2. The molecule has 62 heavy (non-hydrogen) atoms. The zero-order chi connectivity index (χ0) is 42.7. The Bertz CT molecular complexity index is 2120. The molecule has 7 aliphatic rings. The summed E-state index contributed by atoms with van der Waals surface area (Å²) in [6.45, 7) is 10.6. The second-order valence-electron chi connectivity index (χ2n) is 22.1. The Morgan fingerprint density at radius 3 is 2.68 bits per heavy atom. The van der Waals surface area contributed by atoms with Gasteiger partial charge in [0.2, 0.25) is 0 Å². The van der Waals surface area contributed by atoms with Crippen LogP contribution in [0.25, 0.3) is 10.8 Å². The maximum absolute atomic E-state index is 11.3. The molecule has 6 fully saturated rings. The van der Waals surface area contributed by atoms with Crippen molar-refractivity contribution < 1.29 is 19.4 Å². The second kappa shape index (κ2) is 17.4. The molecule has 2 aromatic carbocycles. The van der Waals surface area contributed by atoms with Crippen molar-refractivity contribution in [2.75, 3.05) is 12.3 Å². The molecule has 5 saturated carbocycles. The number of nitrogens with one attached hydrogen (secondary N) is 1. The summed E-state index contributed by atoms with van der Waals surface area (Å²) in [5.74, 6) is 6.03. The quantitative estimate of drug-likeness (QED) is 0.110. The van der Waals surface area contributed by atoms with Crippen molar-refractivity contribution in [2.45, 2.75) is 171 Å². The van der Waals surface area contributed by atoms with Gasteiger partial charge >= 0.3 is 0 Å². The zero-order valence-corrected chi connectivity index (χ0v) is 39.1. The number of aryl methyl sites for hydroxylation is 1. The molecular formula is C53H73N3O4S2. The molecule has 336 valence electrons. The molecule has 5 N–H and O–H groups in total. The average Bonchev–Trinajstić information content (AvgIpc) is 3.71. The Hall–Kier alpha value is -2.43. The molecule has 7 nitrogen and oxygen atoms in total. The third-order valence-electron chi connectivity index (χ3n) is 18.3. The van der Waals surface area contributed by atoms with Crippen LogP contribution in [0, 0.1) is 40.4 Å². The molecule has 1 saturated heterocycles. The lowest BCUT2D eigenvalue weighted by Gasteiger charge is -2.58. The number of ether oxygens (including phenoxy) is 1. The molecule has 3 heterocycles. The molecule has 10 rings (SSSR count). The maximum Gasteiger partial charge on any atom is 0.188 e. The van der Waals surface area contributed by atoms with Crippen LogP contribution in [0.5, 0.6) is 0 Å². The minimum atomic E-state index is -0.684. The van der Waals surface area contributed by atoms with Gasteiger partial charge in [-0.3, -0.25) is 4.99 Å². The van der Waals surface area contributed by atoms with Gasteiger partial charge in [-0.25, -0.2) is 0 Å². The van der Waals surface area contributed by atoms with Crippen LogP contribution in [0.2, 0.25) is 0 Å². The summed E-state index contributed by atoms with van der Waals surface area (Å²) >= 11 is 0. The smallest absolute Gasteiger partial charge is 0.188 e. The summed E-state index contributed by atoms with van der Waals surface area (Å²) in [6.07, 6.45) is 23.0. The van der Waals surface area contributed by atoms with E-state index in [2.05, 4.69) is 61.6 Å². The molecule has 0 bridgehead atoms. The lowest BCUT2D eigenvalue weighted by molar-refractivity contribution is -0.0696. The monoisotopic (exact) mass is 880 g/mol. The number of aliphatic imine (C=N–C) groups is 1. The largest absolute Gasteiger partial charge is 0.471 e. The van der Waals surface area contributed by atoms with Crippen molar-refractivity contribution >= 4 is 38.3 Å². The van der Waals surface area contributed by atoms with Crippen LogP contribution >= 0.6 is 21.6 Å². The highest BCUT2D eigenvalue weighted by Crippen LogP contribution is 2.69. The third kappa shape index (κ3) is 8.58. The number of furan rings is 1. The number of hydrogen-bond donors (Lipinski definition) is 4. The molecule has 3 aromatic rings. The van der Waals surface area contributed by atoms with Gasteiger partial charge in [0.15, 0.2) is 5.96 Å². The van der Waals surface area contributed by atoms with Crippen molar-refractivity contribution in [1.29, 1.82) is 0 Å². The first kappa shape index (κ1) is 43.5. The van der Waals surface area contributed by atoms with E-state index >= 15 is 0 Å². The number of epoxide rings is 1. The van der Waals surface area contributed by atoms with Crippen LogP contribution in [-0.2, 0) is 16.9 Å². The predicted molar refractivity (Wildman–Crippen MR) is 256 cm³/mol. The first-order valence-electron chi connectivity index (χ1n) is 24.5. The van der Waals surface area contributed by atoms with E-state index in [9.17, 15) is 10.2 Å². The van der Waals surface area contributed by atoms with Crippen LogP contribution in [-0.4, -0.2) is 57.9 Å². The molecular weight excluding hydrogens is 807 g/mol. The lowest BCUT2D eigenvalue weighted by Crippen LogP contribution is -2.51. The van der Waals surface area contributed by atoms with Crippen LogP contribution < -0.4 is 11.1 Å². The topological polar surface area (TPSA) is 117 Å². The summed E-state index contributed by atoms with van der Waals surface area (Å²) in [5.41, 5.74) is 12.4. The predicted octanol–water partition coefficient (Wildman–Crippen LogP) is 11.5. The third-order valence-corrected chi connectivity index (χ3v) is 20.6.